The smallest absolute Gasteiger partial charge is 0.387 e. The molecule has 0 saturated carbocycles. The predicted octanol–water partition coefficient (Wildman–Crippen LogP) is 4.28. The van der Waals surface area contributed by atoms with E-state index in [0.717, 1.165) is 0 Å². The van der Waals surface area contributed by atoms with Crippen molar-refractivity contribution in [1.29, 1.82) is 0 Å². The van der Waals surface area contributed by atoms with E-state index in [-0.39, 0.29) is 40.4 Å². The summed E-state index contributed by atoms with van der Waals surface area (Å²) in [5, 5.41) is -0.0826. The van der Waals surface area contributed by atoms with Crippen LogP contribution < -0.4 is 9.47 Å². The molecule has 0 fully saturated rings. The summed E-state index contributed by atoms with van der Waals surface area (Å²) in [4.78, 5) is 17.7. The van der Waals surface area contributed by atoms with Gasteiger partial charge in [-0.25, -0.2) is 4.98 Å². The Hall–Kier alpha value is -2.49. The molecule has 146 valence electrons. The highest BCUT2D eigenvalue weighted by Gasteiger charge is 2.20. The van der Waals surface area contributed by atoms with Gasteiger partial charge in [-0.2, -0.15) is 17.6 Å². The molecule has 0 radical (unpaired) electrons. The van der Waals surface area contributed by atoms with Crippen LogP contribution >= 0.6 is 11.8 Å². The maximum Gasteiger partial charge on any atom is 0.387 e. The van der Waals surface area contributed by atoms with Crippen LogP contribution in [0.4, 0.5) is 17.6 Å². The molecule has 5 nitrogen and oxygen atoms in total. The van der Waals surface area contributed by atoms with Crippen LogP contribution in [0.15, 0.2) is 41.6 Å². The predicted molar refractivity (Wildman–Crippen MR) is 91.5 cm³/mol. The van der Waals surface area contributed by atoms with E-state index in [1.54, 1.807) is 6.07 Å². The van der Waals surface area contributed by atoms with Gasteiger partial charge >= 0.3 is 6.61 Å². The molecule has 1 aromatic heterocycles. The Labute approximate surface area is 157 Å². The highest BCUT2D eigenvalue weighted by Crippen LogP contribution is 2.30. The molecule has 0 bridgehead atoms. The van der Waals surface area contributed by atoms with Gasteiger partial charge in [0.05, 0.1) is 12.7 Å². The second kappa shape index (κ2) is 9.45. The third-order valence-corrected chi connectivity index (χ3v) is 4.14. The van der Waals surface area contributed by atoms with E-state index >= 15 is 0 Å². The minimum Gasteiger partial charge on any atom is -0.493 e. The first-order valence-corrected chi connectivity index (χ1v) is 8.46. The van der Waals surface area contributed by atoms with E-state index in [1.807, 2.05) is 0 Å². The molecule has 1 aromatic carbocycles. The summed E-state index contributed by atoms with van der Waals surface area (Å²) < 4.78 is 59.7. The molecule has 0 spiro atoms. The monoisotopic (exact) mass is 404 g/mol. The maximum absolute atomic E-state index is 12.6. The number of ether oxygens (including phenoxy) is 2. The van der Waals surface area contributed by atoms with Crippen molar-refractivity contribution in [2.24, 2.45) is 0 Å². The number of aromatic nitrogens is 1. The van der Waals surface area contributed by atoms with Crippen LogP contribution in [-0.2, 0) is 6.54 Å². The lowest BCUT2D eigenvalue weighted by atomic mass is 10.1. The van der Waals surface area contributed by atoms with Crippen LogP contribution in [0.1, 0.15) is 15.9 Å². The second-order valence-electron chi connectivity index (χ2n) is 5.26. The third kappa shape index (κ3) is 5.75. The van der Waals surface area contributed by atoms with Crippen LogP contribution in [0.2, 0.25) is 0 Å². The van der Waals surface area contributed by atoms with E-state index < -0.39 is 18.3 Å². The van der Waals surface area contributed by atoms with E-state index in [9.17, 15) is 22.4 Å². The zero-order chi connectivity index (χ0) is 20.0. The number of nitrogens with zero attached hydrogens (tertiary/aromatic N) is 2. The quantitative estimate of drug-likeness (QED) is 0.486. The number of hydrogen-bond donors (Lipinski definition) is 0. The van der Waals surface area contributed by atoms with Gasteiger partial charge in [0.1, 0.15) is 5.03 Å². The molecule has 0 unspecified atom stereocenters. The van der Waals surface area contributed by atoms with Gasteiger partial charge in [-0.05, 0) is 41.6 Å². The van der Waals surface area contributed by atoms with Crippen molar-refractivity contribution >= 4 is 17.7 Å². The van der Waals surface area contributed by atoms with Crippen LogP contribution in [0.25, 0.3) is 0 Å². The van der Waals surface area contributed by atoms with Crippen LogP contribution in [0.3, 0.4) is 0 Å². The van der Waals surface area contributed by atoms with Crippen molar-refractivity contribution < 1.29 is 31.8 Å². The Morgan fingerprint density at radius 1 is 1.22 bits per heavy atom. The van der Waals surface area contributed by atoms with Crippen LogP contribution in [-0.4, -0.2) is 42.3 Å². The zero-order valence-corrected chi connectivity index (χ0v) is 15.2. The number of carbonyl (C=O) groups is 1. The Morgan fingerprint density at radius 2 is 1.96 bits per heavy atom. The maximum atomic E-state index is 12.6. The highest BCUT2D eigenvalue weighted by atomic mass is 32.2. The first-order valence-electron chi connectivity index (χ1n) is 7.58. The van der Waals surface area contributed by atoms with Crippen LogP contribution in [0, 0.1) is 0 Å². The number of benzene rings is 1. The van der Waals surface area contributed by atoms with E-state index in [0.29, 0.717) is 5.56 Å². The van der Waals surface area contributed by atoms with Gasteiger partial charge in [-0.1, -0.05) is 6.07 Å². The Balaban J connectivity index is 2.20. The summed E-state index contributed by atoms with van der Waals surface area (Å²) in [6.07, 6.45) is 1.32. The van der Waals surface area contributed by atoms with Gasteiger partial charge < -0.3 is 14.4 Å². The van der Waals surface area contributed by atoms with Crippen molar-refractivity contribution in [3.63, 3.8) is 0 Å². The number of hydrogen-bond acceptors (Lipinski definition) is 5. The zero-order valence-electron chi connectivity index (χ0n) is 14.4. The largest absolute Gasteiger partial charge is 0.493 e. The molecule has 1 heterocycles. The summed E-state index contributed by atoms with van der Waals surface area (Å²) in [6.45, 7) is -2.99. The van der Waals surface area contributed by atoms with E-state index in [2.05, 4.69) is 9.72 Å². The van der Waals surface area contributed by atoms with Crippen LogP contribution in [0.5, 0.6) is 11.5 Å². The lowest BCUT2D eigenvalue weighted by Gasteiger charge is -2.19. The van der Waals surface area contributed by atoms with Crippen molar-refractivity contribution in [2.75, 3.05) is 14.2 Å². The van der Waals surface area contributed by atoms with Gasteiger partial charge in [0.25, 0.3) is 11.7 Å². The molecule has 2 rings (SSSR count). The number of alkyl halides is 4. The van der Waals surface area contributed by atoms with Crippen molar-refractivity contribution in [3.05, 3.63) is 47.7 Å². The molecule has 0 N–H and O–H groups in total. The Kier molecular flexibility index (Phi) is 7.28. The summed E-state index contributed by atoms with van der Waals surface area (Å²) in [5.41, 5.74) is 0.525. The second-order valence-corrected chi connectivity index (χ2v) is 6.24. The Bertz CT molecular complexity index is 793. The summed E-state index contributed by atoms with van der Waals surface area (Å²) >= 11 is 0.179. The molecule has 0 aliphatic heterocycles. The number of halogens is 4. The number of methoxy groups -OCH3 is 1. The molecular formula is C17H16F4N2O3S. The van der Waals surface area contributed by atoms with E-state index in [1.165, 1.54) is 49.5 Å². The minimum absolute atomic E-state index is 0.0304. The molecule has 0 atom stereocenters. The normalized spacial score (nSPS) is 11.0. The number of pyridine rings is 1. The van der Waals surface area contributed by atoms with Gasteiger partial charge in [0.2, 0.25) is 0 Å². The van der Waals surface area contributed by atoms with Gasteiger partial charge in [0.15, 0.2) is 11.5 Å². The topological polar surface area (TPSA) is 51.7 Å². The fourth-order valence-electron chi connectivity index (χ4n) is 2.29. The fourth-order valence-corrected chi connectivity index (χ4v) is 2.86. The SMILES string of the molecule is COc1ccc(CN(C)C(=O)c2cccnc2SC(F)F)cc1OC(F)F. The van der Waals surface area contributed by atoms with Gasteiger partial charge in [-0.15, -0.1) is 0 Å². The standard InChI is InChI=1S/C17H16F4N2O3S/c1-23(15(24)11-4-3-7-22-14(11)27-17(20)21)9-10-5-6-12(25-2)13(8-10)26-16(18)19/h3-8,16-17H,9H2,1-2H3. The minimum atomic E-state index is -3.03. The number of thioether (sulfide) groups is 1. The van der Waals surface area contributed by atoms with E-state index in [4.69, 9.17) is 4.74 Å². The van der Waals surface area contributed by atoms with Crippen molar-refractivity contribution in [3.8, 4) is 11.5 Å². The molecule has 2 aromatic rings. The average molecular weight is 404 g/mol. The van der Waals surface area contributed by atoms with Gasteiger partial charge in [0, 0.05) is 19.8 Å². The highest BCUT2D eigenvalue weighted by molar-refractivity contribution is 7.99. The lowest BCUT2D eigenvalue weighted by Crippen LogP contribution is -2.27. The molecule has 1 amide bonds. The molecule has 0 aliphatic carbocycles. The molecular weight excluding hydrogens is 388 g/mol. The third-order valence-electron chi connectivity index (χ3n) is 3.41. The summed E-state index contributed by atoms with van der Waals surface area (Å²) in [5.74, 6) is -3.29. The summed E-state index contributed by atoms with van der Waals surface area (Å²) in [7, 11) is 2.78. The van der Waals surface area contributed by atoms with Crippen molar-refractivity contribution in [2.45, 2.75) is 23.9 Å². The molecule has 0 aliphatic rings. The average Bonchev–Trinajstić information content (AvgIpc) is 2.61. The first-order chi connectivity index (χ1) is 12.8. The van der Waals surface area contributed by atoms with Crippen molar-refractivity contribution in [1.82, 2.24) is 9.88 Å². The van der Waals surface area contributed by atoms with Gasteiger partial charge in [-0.3, -0.25) is 4.79 Å². The molecule has 0 saturated heterocycles. The number of carbonyl (C=O) groups excluding carboxylic acids is 1. The lowest BCUT2D eigenvalue weighted by molar-refractivity contribution is -0.0512. The summed E-state index contributed by atoms with van der Waals surface area (Å²) in [6, 6.07) is 7.22. The molecule has 27 heavy (non-hydrogen) atoms. The number of amides is 1. The fraction of sp³-hybridized carbons (Fsp3) is 0.294. The Morgan fingerprint density at radius 3 is 2.59 bits per heavy atom. The number of rotatable bonds is 8. The molecule has 10 heteroatoms. The first kappa shape index (κ1) is 20.8.